The van der Waals surface area contributed by atoms with Crippen molar-refractivity contribution in [2.24, 2.45) is 0 Å². The molecule has 37 heavy (non-hydrogen) atoms. The number of carbonyl (C=O) groups excluding carboxylic acids is 3. The molecule has 3 aromatic rings. The van der Waals surface area contributed by atoms with Crippen molar-refractivity contribution in [3.63, 3.8) is 0 Å². The first-order valence-electron chi connectivity index (χ1n) is 12.8. The molecule has 5 rings (SSSR count). The topological polar surface area (TPSA) is 88.9 Å². The fourth-order valence-electron chi connectivity index (χ4n) is 4.47. The van der Waals surface area contributed by atoms with Crippen molar-refractivity contribution in [3.8, 4) is 17.1 Å². The third-order valence-electron chi connectivity index (χ3n) is 6.63. The second-order valence-electron chi connectivity index (χ2n) is 9.41. The third kappa shape index (κ3) is 6.43. The Kier molecular flexibility index (Phi) is 7.94. The van der Waals surface area contributed by atoms with Gasteiger partial charge in [0.2, 0.25) is 5.91 Å². The summed E-state index contributed by atoms with van der Waals surface area (Å²) < 4.78 is 11.6. The average molecular weight is 519 g/mol. The summed E-state index contributed by atoms with van der Waals surface area (Å²) in [4.78, 5) is 38.3. The van der Waals surface area contributed by atoms with E-state index in [4.69, 9.17) is 9.15 Å². The minimum atomic E-state index is -0.263. The Balaban J connectivity index is 1.15. The van der Waals surface area contributed by atoms with Crippen LogP contribution >= 0.6 is 11.8 Å². The summed E-state index contributed by atoms with van der Waals surface area (Å²) in [6, 6.07) is 19.5. The summed E-state index contributed by atoms with van der Waals surface area (Å²) in [7, 11) is 0. The first-order valence-corrected chi connectivity index (χ1v) is 13.6. The predicted molar refractivity (Wildman–Crippen MR) is 142 cm³/mol. The summed E-state index contributed by atoms with van der Waals surface area (Å²) in [5, 5.41) is 1.82. The summed E-state index contributed by atoms with van der Waals surface area (Å²) in [6.45, 7) is 1.06. The van der Waals surface area contributed by atoms with E-state index >= 15 is 0 Å². The Morgan fingerprint density at radius 1 is 1.00 bits per heavy atom. The second kappa shape index (κ2) is 11.7. The minimum absolute atomic E-state index is 0.0237. The molecule has 1 saturated carbocycles. The highest BCUT2D eigenvalue weighted by molar-refractivity contribution is 8.15. The van der Waals surface area contributed by atoms with Gasteiger partial charge in [0, 0.05) is 29.3 Å². The number of benzene rings is 2. The Morgan fingerprint density at radius 3 is 2.51 bits per heavy atom. The van der Waals surface area contributed by atoms with Crippen LogP contribution in [-0.2, 0) is 11.3 Å². The number of imide groups is 1. The lowest BCUT2D eigenvalue weighted by atomic mass is 10.1. The van der Waals surface area contributed by atoms with Gasteiger partial charge in [-0.1, -0.05) is 54.9 Å². The number of amides is 3. The number of thioether (sulfide) groups is 1. The van der Waals surface area contributed by atoms with Crippen LogP contribution in [0.1, 0.15) is 54.4 Å². The normalized spacial score (nSPS) is 17.0. The number of unbranched alkanes of at least 4 members (excludes halogenated alkanes) is 2. The van der Waals surface area contributed by atoms with Crippen molar-refractivity contribution in [1.82, 2.24) is 10.2 Å². The first-order chi connectivity index (χ1) is 18.1. The van der Waals surface area contributed by atoms with Crippen LogP contribution in [-0.4, -0.2) is 39.9 Å². The zero-order valence-electron chi connectivity index (χ0n) is 20.6. The molecular weight excluding hydrogens is 488 g/mol. The first kappa shape index (κ1) is 25.1. The van der Waals surface area contributed by atoms with E-state index in [-0.39, 0.29) is 28.3 Å². The van der Waals surface area contributed by atoms with E-state index in [9.17, 15) is 14.4 Å². The van der Waals surface area contributed by atoms with E-state index in [0.29, 0.717) is 25.1 Å². The third-order valence-corrected chi connectivity index (χ3v) is 7.68. The van der Waals surface area contributed by atoms with Crippen LogP contribution in [0.2, 0.25) is 0 Å². The molecule has 2 heterocycles. The Morgan fingerprint density at radius 2 is 1.81 bits per heavy atom. The van der Waals surface area contributed by atoms with E-state index in [2.05, 4.69) is 5.32 Å². The maximum absolute atomic E-state index is 13.4. The number of furan rings is 1. The molecule has 3 amide bonds. The zero-order valence-corrected chi connectivity index (χ0v) is 21.4. The van der Waals surface area contributed by atoms with E-state index in [0.717, 1.165) is 66.5 Å². The monoisotopic (exact) mass is 518 g/mol. The standard InChI is InChI=1S/C29H30N2O5S/c32-27-26(37-29(34)30-27)10-2-1-5-17-35-25-8-4-3-7-22(25)19-31(23-15-16-23)28(33)21-13-11-20(12-14-21)24-9-6-18-36-24/h3-4,6-9,11-14,18,23,26H,1-2,5,10,15-17,19H2,(H,30,32,34). The molecule has 0 spiro atoms. The van der Waals surface area contributed by atoms with E-state index < -0.39 is 0 Å². The molecule has 1 aliphatic carbocycles. The fourth-order valence-corrected chi connectivity index (χ4v) is 5.34. The molecule has 7 nitrogen and oxygen atoms in total. The molecule has 2 fully saturated rings. The van der Waals surface area contributed by atoms with Gasteiger partial charge in [-0.3, -0.25) is 19.7 Å². The maximum atomic E-state index is 13.4. The second-order valence-corrected chi connectivity index (χ2v) is 10.6. The van der Waals surface area contributed by atoms with Crippen LogP contribution < -0.4 is 10.1 Å². The number of nitrogens with zero attached hydrogens (tertiary/aromatic N) is 1. The van der Waals surface area contributed by atoms with E-state index in [1.54, 1.807) is 6.26 Å². The zero-order chi connectivity index (χ0) is 25.6. The van der Waals surface area contributed by atoms with Crippen LogP contribution in [0.25, 0.3) is 11.3 Å². The number of nitrogens with one attached hydrogen (secondary N) is 1. The maximum Gasteiger partial charge on any atom is 0.286 e. The van der Waals surface area contributed by atoms with E-state index in [1.807, 2.05) is 65.6 Å². The molecule has 1 unspecified atom stereocenters. The van der Waals surface area contributed by atoms with Gasteiger partial charge in [-0.15, -0.1) is 0 Å². The molecule has 1 atom stereocenters. The lowest BCUT2D eigenvalue weighted by Crippen LogP contribution is -2.32. The molecule has 2 aromatic carbocycles. The van der Waals surface area contributed by atoms with Crippen LogP contribution in [0.3, 0.4) is 0 Å². The Labute approximate surface area is 220 Å². The molecule has 192 valence electrons. The highest BCUT2D eigenvalue weighted by atomic mass is 32.2. The highest BCUT2D eigenvalue weighted by Crippen LogP contribution is 2.32. The summed E-state index contributed by atoms with van der Waals surface area (Å²) >= 11 is 1.08. The predicted octanol–water partition coefficient (Wildman–Crippen LogP) is 6.04. The van der Waals surface area contributed by atoms with Crippen LogP contribution in [0, 0.1) is 0 Å². The lowest BCUT2D eigenvalue weighted by molar-refractivity contribution is -0.119. The van der Waals surface area contributed by atoms with Gasteiger partial charge in [0.05, 0.1) is 18.1 Å². The number of para-hydroxylation sites is 1. The molecule has 1 N–H and O–H groups in total. The number of hydrogen-bond donors (Lipinski definition) is 1. The van der Waals surface area contributed by atoms with Crippen molar-refractivity contribution in [3.05, 3.63) is 78.1 Å². The summed E-state index contributed by atoms with van der Waals surface area (Å²) in [5.41, 5.74) is 2.60. The molecule has 1 aromatic heterocycles. The molecule has 2 aliphatic rings. The molecule has 8 heteroatoms. The van der Waals surface area contributed by atoms with Gasteiger partial charge in [-0.2, -0.15) is 0 Å². The van der Waals surface area contributed by atoms with Crippen molar-refractivity contribution in [2.75, 3.05) is 6.61 Å². The van der Waals surface area contributed by atoms with Crippen molar-refractivity contribution in [1.29, 1.82) is 0 Å². The highest BCUT2D eigenvalue weighted by Gasteiger charge is 2.34. The Bertz CT molecular complexity index is 1240. The van der Waals surface area contributed by atoms with E-state index in [1.165, 1.54) is 0 Å². The van der Waals surface area contributed by atoms with Gasteiger partial charge in [0.1, 0.15) is 11.5 Å². The fraction of sp³-hybridized carbons (Fsp3) is 0.345. The Hall–Kier alpha value is -3.52. The van der Waals surface area contributed by atoms with Crippen molar-refractivity contribution < 1.29 is 23.5 Å². The van der Waals surface area contributed by atoms with Crippen molar-refractivity contribution in [2.45, 2.75) is 56.4 Å². The molecule has 0 radical (unpaired) electrons. The largest absolute Gasteiger partial charge is 0.493 e. The number of rotatable bonds is 12. The molecule has 1 saturated heterocycles. The minimum Gasteiger partial charge on any atom is -0.493 e. The molecular formula is C29H30N2O5S. The van der Waals surface area contributed by atoms with Crippen molar-refractivity contribution >= 4 is 28.8 Å². The van der Waals surface area contributed by atoms with Gasteiger partial charge in [-0.05, 0) is 56.0 Å². The molecule has 0 bridgehead atoms. The lowest BCUT2D eigenvalue weighted by Gasteiger charge is -2.24. The van der Waals surface area contributed by atoms with Gasteiger partial charge in [0.15, 0.2) is 0 Å². The number of carbonyl (C=O) groups is 3. The molecule has 1 aliphatic heterocycles. The summed E-state index contributed by atoms with van der Waals surface area (Å²) in [6.07, 6.45) is 7.01. The van der Waals surface area contributed by atoms with Crippen LogP contribution in [0.4, 0.5) is 4.79 Å². The summed E-state index contributed by atoms with van der Waals surface area (Å²) in [5.74, 6) is 1.42. The average Bonchev–Trinajstić information content (AvgIpc) is 3.49. The van der Waals surface area contributed by atoms with Crippen LogP contribution in [0.15, 0.2) is 71.3 Å². The van der Waals surface area contributed by atoms with Gasteiger partial charge >= 0.3 is 0 Å². The van der Waals surface area contributed by atoms with Gasteiger partial charge in [0.25, 0.3) is 11.1 Å². The number of ether oxygens (including phenoxy) is 1. The van der Waals surface area contributed by atoms with Gasteiger partial charge in [-0.25, -0.2) is 0 Å². The quantitative estimate of drug-likeness (QED) is 0.294. The van der Waals surface area contributed by atoms with Gasteiger partial charge < -0.3 is 14.1 Å². The number of hydrogen-bond acceptors (Lipinski definition) is 6. The smallest absolute Gasteiger partial charge is 0.286 e. The van der Waals surface area contributed by atoms with Crippen LogP contribution in [0.5, 0.6) is 5.75 Å². The SMILES string of the molecule is O=C1NC(=O)C(CCCCCOc2ccccc2CN(C(=O)c2ccc(-c3ccco3)cc2)C2CC2)S1.